The standard InChI is InChI=1S/C11H13IN2O2/c1-5(2)6-3-4-7(10(13)15)8(9(6)12)11(14)16/h3-5H,1-2H3,(H2,13,15)(H2,14,16). The van der Waals surface area contributed by atoms with Gasteiger partial charge >= 0.3 is 0 Å². The maximum absolute atomic E-state index is 11.3. The molecule has 16 heavy (non-hydrogen) atoms. The second-order valence-electron chi connectivity index (χ2n) is 3.77. The minimum absolute atomic E-state index is 0.182. The van der Waals surface area contributed by atoms with Crippen LogP contribution in [0.4, 0.5) is 0 Å². The van der Waals surface area contributed by atoms with Crippen molar-refractivity contribution in [1.82, 2.24) is 0 Å². The number of nitrogens with two attached hydrogens (primary N) is 2. The molecule has 0 atom stereocenters. The summed E-state index contributed by atoms with van der Waals surface area (Å²) in [6.07, 6.45) is 0. The summed E-state index contributed by atoms with van der Waals surface area (Å²) < 4.78 is 0.705. The molecule has 1 aromatic rings. The predicted molar refractivity (Wildman–Crippen MR) is 70.3 cm³/mol. The van der Waals surface area contributed by atoms with Crippen LogP contribution in [0, 0.1) is 3.57 Å². The summed E-state index contributed by atoms with van der Waals surface area (Å²) >= 11 is 2.02. The van der Waals surface area contributed by atoms with Crippen molar-refractivity contribution in [3.05, 3.63) is 32.4 Å². The highest BCUT2D eigenvalue weighted by molar-refractivity contribution is 14.1. The Kier molecular flexibility index (Phi) is 3.90. The lowest BCUT2D eigenvalue weighted by Crippen LogP contribution is -2.22. The Bertz CT molecular complexity index is 456. The molecule has 0 bridgehead atoms. The minimum atomic E-state index is -0.637. The van der Waals surface area contributed by atoms with Crippen LogP contribution in [0.1, 0.15) is 46.0 Å². The molecule has 0 radical (unpaired) electrons. The van der Waals surface area contributed by atoms with Gasteiger partial charge in [-0.05, 0) is 40.1 Å². The van der Waals surface area contributed by atoms with E-state index in [-0.39, 0.29) is 17.0 Å². The Hall–Kier alpha value is -1.11. The first kappa shape index (κ1) is 13.0. The van der Waals surface area contributed by atoms with Gasteiger partial charge in [-0.2, -0.15) is 0 Å². The highest BCUT2D eigenvalue weighted by Crippen LogP contribution is 2.26. The summed E-state index contributed by atoms with van der Waals surface area (Å²) in [6, 6.07) is 3.36. The van der Waals surface area contributed by atoms with Gasteiger partial charge in [-0.25, -0.2) is 0 Å². The summed E-state index contributed by atoms with van der Waals surface area (Å²) in [4.78, 5) is 22.5. The molecule has 2 amide bonds. The highest BCUT2D eigenvalue weighted by atomic mass is 127. The number of carbonyl (C=O) groups is 2. The lowest BCUT2D eigenvalue weighted by Gasteiger charge is -2.13. The van der Waals surface area contributed by atoms with E-state index in [0.29, 0.717) is 3.57 Å². The fraction of sp³-hybridized carbons (Fsp3) is 0.273. The van der Waals surface area contributed by atoms with Crippen molar-refractivity contribution in [2.45, 2.75) is 19.8 Å². The zero-order valence-corrected chi connectivity index (χ0v) is 11.2. The molecule has 0 unspecified atom stereocenters. The molecule has 4 N–H and O–H groups in total. The number of benzene rings is 1. The van der Waals surface area contributed by atoms with Gasteiger partial charge in [-0.3, -0.25) is 9.59 Å². The zero-order chi connectivity index (χ0) is 12.5. The first-order chi connectivity index (χ1) is 7.36. The van der Waals surface area contributed by atoms with E-state index in [0.717, 1.165) is 5.56 Å². The first-order valence-electron chi connectivity index (χ1n) is 4.78. The lowest BCUT2D eigenvalue weighted by atomic mass is 9.96. The van der Waals surface area contributed by atoms with Gasteiger partial charge in [-0.1, -0.05) is 19.9 Å². The Morgan fingerprint density at radius 2 is 1.75 bits per heavy atom. The predicted octanol–water partition coefficient (Wildman–Crippen LogP) is 1.61. The fourth-order valence-corrected chi connectivity index (χ4v) is 2.84. The van der Waals surface area contributed by atoms with Gasteiger partial charge in [0.25, 0.3) is 5.91 Å². The maximum atomic E-state index is 11.3. The molecule has 0 saturated carbocycles. The Labute approximate surface area is 108 Å². The van der Waals surface area contributed by atoms with Crippen LogP contribution in [0.25, 0.3) is 0 Å². The van der Waals surface area contributed by atoms with Crippen molar-refractivity contribution in [3.8, 4) is 0 Å². The van der Waals surface area contributed by atoms with Crippen molar-refractivity contribution in [2.24, 2.45) is 11.5 Å². The highest BCUT2D eigenvalue weighted by Gasteiger charge is 2.19. The summed E-state index contributed by atoms with van der Waals surface area (Å²) in [7, 11) is 0. The summed E-state index contributed by atoms with van der Waals surface area (Å²) in [5, 5.41) is 0. The number of halogens is 1. The summed E-state index contributed by atoms with van der Waals surface area (Å²) in [5.41, 5.74) is 11.9. The zero-order valence-electron chi connectivity index (χ0n) is 9.08. The second kappa shape index (κ2) is 4.82. The third-order valence-corrected chi connectivity index (χ3v) is 3.47. The normalized spacial score (nSPS) is 10.5. The van der Waals surface area contributed by atoms with E-state index in [1.54, 1.807) is 12.1 Å². The average molecular weight is 332 g/mol. The van der Waals surface area contributed by atoms with Crippen molar-refractivity contribution >= 4 is 34.4 Å². The van der Waals surface area contributed by atoms with Gasteiger partial charge in [0.05, 0.1) is 11.1 Å². The van der Waals surface area contributed by atoms with Crippen LogP contribution in [-0.4, -0.2) is 11.8 Å². The molecule has 0 fully saturated rings. The number of hydrogen-bond acceptors (Lipinski definition) is 2. The Morgan fingerprint density at radius 1 is 1.19 bits per heavy atom. The number of carbonyl (C=O) groups excluding carboxylic acids is 2. The molecule has 5 heteroatoms. The van der Waals surface area contributed by atoms with Crippen molar-refractivity contribution in [3.63, 3.8) is 0 Å². The topological polar surface area (TPSA) is 86.2 Å². The third kappa shape index (κ3) is 2.34. The van der Waals surface area contributed by atoms with Gasteiger partial charge in [0.1, 0.15) is 0 Å². The molecular formula is C11H13IN2O2. The smallest absolute Gasteiger partial charge is 0.250 e. The lowest BCUT2D eigenvalue weighted by molar-refractivity contribution is 0.0966. The number of primary amides is 2. The maximum Gasteiger partial charge on any atom is 0.250 e. The first-order valence-corrected chi connectivity index (χ1v) is 5.86. The van der Waals surface area contributed by atoms with Crippen molar-refractivity contribution in [1.29, 1.82) is 0 Å². The third-order valence-electron chi connectivity index (χ3n) is 2.31. The molecule has 0 aliphatic heterocycles. The van der Waals surface area contributed by atoms with E-state index in [4.69, 9.17) is 11.5 Å². The van der Waals surface area contributed by atoms with Crippen LogP contribution in [-0.2, 0) is 0 Å². The van der Waals surface area contributed by atoms with Crippen molar-refractivity contribution in [2.75, 3.05) is 0 Å². The van der Waals surface area contributed by atoms with Gasteiger partial charge in [0, 0.05) is 3.57 Å². The minimum Gasteiger partial charge on any atom is -0.366 e. The van der Waals surface area contributed by atoms with E-state index in [1.165, 1.54) is 0 Å². The number of rotatable bonds is 3. The molecule has 0 spiro atoms. The molecule has 1 rings (SSSR count). The van der Waals surface area contributed by atoms with E-state index < -0.39 is 11.8 Å². The van der Waals surface area contributed by atoms with Gasteiger partial charge in [0.2, 0.25) is 5.91 Å². The van der Waals surface area contributed by atoms with Crippen LogP contribution in [0.5, 0.6) is 0 Å². The molecule has 0 aromatic heterocycles. The van der Waals surface area contributed by atoms with E-state index in [2.05, 4.69) is 0 Å². The Balaban J connectivity index is 3.54. The monoisotopic (exact) mass is 332 g/mol. The van der Waals surface area contributed by atoms with Gasteiger partial charge < -0.3 is 11.5 Å². The molecular weight excluding hydrogens is 319 g/mol. The quantitative estimate of drug-likeness (QED) is 0.824. The fourth-order valence-electron chi connectivity index (χ4n) is 1.48. The molecule has 0 heterocycles. The molecule has 0 saturated heterocycles. The van der Waals surface area contributed by atoms with Crippen LogP contribution in [0.3, 0.4) is 0 Å². The largest absolute Gasteiger partial charge is 0.366 e. The van der Waals surface area contributed by atoms with Gasteiger partial charge in [-0.15, -0.1) is 0 Å². The van der Waals surface area contributed by atoms with E-state index in [9.17, 15) is 9.59 Å². The molecule has 1 aromatic carbocycles. The van der Waals surface area contributed by atoms with Crippen LogP contribution >= 0.6 is 22.6 Å². The van der Waals surface area contributed by atoms with E-state index in [1.807, 2.05) is 36.4 Å². The van der Waals surface area contributed by atoms with Crippen molar-refractivity contribution < 1.29 is 9.59 Å². The van der Waals surface area contributed by atoms with Crippen LogP contribution in [0.2, 0.25) is 0 Å². The SMILES string of the molecule is CC(C)c1ccc(C(N)=O)c(C(N)=O)c1I. The Morgan fingerprint density at radius 3 is 2.12 bits per heavy atom. The van der Waals surface area contributed by atoms with Gasteiger partial charge in [0.15, 0.2) is 0 Å². The molecule has 86 valence electrons. The van der Waals surface area contributed by atoms with E-state index >= 15 is 0 Å². The van der Waals surface area contributed by atoms with Crippen LogP contribution < -0.4 is 11.5 Å². The van der Waals surface area contributed by atoms with Crippen LogP contribution in [0.15, 0.2) is 12.1 Å². The summed E-state index contributed by atoms with van der Waals surface area (Å²) in [6.45, 7) is 4.01. The average Bonchev–Trinajstić information content (AvgIpc) is 2.15. The number of amides is 2. The molecule has 0 aliphatic rings. The summed E-state index contributed by atoms with van der Waals surface area (Å²) in [5.74, 6) is -1.00. The second-order valence-corrected chi connectivity index (χ2v) is 4.85. The number of hydrogen-bond donors (Lipinski definition) is 2. The molecule has 4 nitrogen and oxygen atoms in total. The molecule has 0 aliphatic carbocycles.